The van der Waals surface area contributed by atoms with E-state index in [0.29, 0.717) is 0 Å². The number of carbonyl (C=O) groups excluding carboxylic acids is 1. The molecular weight excluding hydrogens is 195 g/mol. The van der Waals surface area contributed by atoms with Crippen LogP contribution in [0.5, 0.6) is 0 Å². The second-order valence-electron chi connectivity index (χ2n) is 3.93. The van der Waals surface area contributed by atoms with Crippen LogP contribution in [0, 0.1) is 5.41 Å². The molecule has 1 rings (SSSR count). The van der Waals surface area contributed by atoms with Crippen molar-refractivity contribution in [1.29, 1.82) is 0 Å². The van der Waals surface area contributed by atoms with E-state index in [4.69, 9.17) is 0 Å². The summed E-state index contributed by atoms with van der Waals surface area (Å²) in [4.78, 5) is 10.5. The monoisotopic (exact) mass is 209 g/mol. The van der Waals surface area contributed by atoms with E-state index in [9.17, 15) is 18.0 Å². The lowest BCUT2D eigenvalue weighted by Gasteiger charge is -2.15. The third-order valence-corrected chi connectivity index (χ3v) is 2.62. The summed E-state index contributed by atoms with van der Waals surface area (Å²) in [5.74, 6) is -1.82. The zero-order valence-electron chi connectivity index (χ0n) is 8.08. The number of rotatable bonds is 4. The van der Waals surface area contributed by atoms with Gasteiger partial charge >= 0.3 is 12.1 Å². The van der Waals surface area contributed by atoms with E-state index >= 15 is 0 Å². The van der Waals surface area contributed by atoms with Crippen molar-refractivity contribution in [1.82, 2.24) is 5.32 Å². The minimum absolute atomic E-state index is 0.0321. The highest BCUT2D eigenvalue weighted by Gasteiger charge is 2.44. The number of hydrogen-bond donors (Lipinski definition) is 1. The summed E-state index contributed by atoms with van der Waals surface area (Å²) < 4.78 is 35.5. The molecule has 0 aromatic rings. The van der Waals surface area contributed by atoms with Crippen LogP contribution >= 0.6 is 0 Å². The van der Waals surface area contributed by atoms with Gasteiger partial charge < -0.3 is 5.32 Å². The molecule has 0 aliphatic heterocycles. The van der Waals surface area contributed by atoms with E-state index < -0.39 is 12.1 Å². The molecule has 1 fully saturated rings. The van der Waals surface area contributed by atoms with E-state index in [1.54, 1.807) is 0 Å². The highest BCUT2D eigenvalue weighted by Crippen LogP contribution is 2.48. The van der Waals surface area contributed by atoms with Crippen molar-refractivity contribution in [3.63, 3.8) is 0 Å². The normalized spacial score (nSPS) is 19.1. The molecule has 0 radical (unpaired) electrons. The molecule has 1 aliphatic carbocycles. The Bertz CT molecular complexity index is 221. The number of nitrogens with one attached hydrogen (secondary N) is 1. The first kappa shape index (κ1) is 11.3. The van der Waals surface area contributed by atoms with E-state index in [1.807, 2.05) is 12.2 Å². The average molecular weight is 209 g/mol. The largest absolute Gasteiger partial charge is 0.471 e. The van der Waals surface area contributed by atoms with Gasteiger partial charge in [-0.25, -0.2) is 0 Å². The fourth-order valence-electron chi connectivity index (χ4n) is 1.59. The van der Waals surface area contributed by atoms with E-state index in [2.05, 4.69) is 0 Å². The molecule has 0 aromatic heterocycles. The van der Waals surface area contributed by atoms with Crippen LogP contribution in [-0.4, -0.2) is 18.6 Å². The van der Waals surface area contributed by atoms with Gasteiger partial charge in [-0.2, -0.15) is 13.2 Å². The fourth-order valence-corrected chi connectivity index (χ4v) is 1.59. The van der Waals surface area contributed by atoms with Crippen LogP contribution in [0.1, 0.15) is 32.6 Å². The van der Waals surface area contributed by atoms with Crippen LogP contribution in [0.25, 0.3) is 0 Å². The number of alkyl halides is 3. The molecular formula is C9H14F3NO. The van der Waals surface area contributed by atoms with Gasteiger partial charge in [-0.15, -0.1) is 0 Å². The third kappa shape index (κ3) is 2.89. The molecule has 0 atom stereocenters. The SMILES string of the molecule is CCCC1(CNC(=O)C(F)(F)F)CC1. The van der Waals surface area contributed by atoms with Gasteiger partial charge in [0.05, 0.1) is 0 Å². The number of carbonyl (C=O) groups is 1. The van der Waals surface area contributed by atoms with Gasteiger partial charge in [-0.1, -0.05) is 13.3 Å². The Hall–Kier alpha value is -0.740. The van der Waals surface area contributed by atoms with Gasteiger partial charge in [0.25, 0.3) is 0 Å². The molecule has 1 N–H and O–H groups in total. The third-order valence-electron chi connectivity index (χ3n) is 2.62. The minimum atomic E-state index is -4.75. The molecule has 14 heavy (non-hydrogen) atoms. The quantitative estimate of drug-likeness (QED) is 0.755. The van der Waals surface area contributed by atoms with Crippen LogP contribution in [0.4, 0.5) is 13.2 Å². The van der Waals surface area contributed by atoms with Crippen LogP contribution < -0.4 is 5.32 Å². The second kappa shape index (κ2) is 3.79. The zero-order chi connectivity index (χ0) is 10.8. The molecule has 0 spiro atoms. The van der Waals surface area contributed by atoms with Gasteiger partial charge in [0.2, 0.25) is 0 Å². The summed E-state index contributed by atoms with van der Waals surface area (Å²) >= 11 is 0. The van der Waals surface area contributed by atoms with Crippen LogP contribution in [0.3, 0.4) is 0 Å². The first-order chi connectivity index (χ1) is 6.40. The number of halogens is 3. The van der Waals surface area contributed by atoms with Gasteiger partial charge in [0.1, 0.15) is 0 Å². The molecule has 1 amide bonds. The minimum Gasteiger partial charge on any atom is -0.348 e. The molecule has 82 valence electrons. The van der Waals surface area contributed by atoms with E-state index in [1.165, 1.54) is 0 Å². The maximum atomic E-state index is 11.8. The highest BCUT2D eigenvalue weighted by molar-refractivity contribution is 5.81. The lowest BCUT2D eigenvalue weighted by Crippen LogP contribution is -2.39. The first-order valence-corrected chi connectivity index (χ1v) is 4.75. The summed E-state index contributed by atoms with van der Waals surface area (Å²) in [6.45, 7) is 2.16. The van der Waals surface area contributed by atoms with Gasteiger partial charge in [0, 0.05) is 6.54 Å². The summed E-state index contributed by atoms with van der Waals surface area (Å²) in [5, 5.41) is 1.95. The molecule has 5 heteroatoms. The van der Waals surface area contributed by atoms with Crippen molar-refractivity contribution in [2.24, 2.45) is 5.41 Å². The number of hydrogen-bond acceptors (Lipinski definition) is 1. The molecule has 0 bridgehead atoms. The van der Waals surface area contributed by atoms with Crippen molar-refractivity contribution in [3.8, 4) is 0 Å². The summed E-state index contributed by atoms with van der Waals surface area (Å²) in [6.07, 6.45) is -1.05. The fraction of sp³-hybridized carbons (Fsp3) is 0.889. The zero-order valence-corrected chi connectivity index (χ0v) is 8.08. The smallest absolute Gasteiger partial charge is 0.348 e. The van der Waals surface area contributed by atoms with Crippen molar-refractivity contribution >= 4 is 5.91 Å². The summed E-state index contributed by atoms with van der Waals surface area (Å²) in [5.41, 5.74) is -0.0321. The van der Waals surface area contributed by atoms with Crippen LogP contribution in [0.15, 0.2) is 0 Å². The molecule has 0 unspecified atom stereocenters. The Morgan fingerprint density at radius 1 is 1.43 bits per heavy atom. The highest BCUT2D eigenvalue weighted by atomic mass is 19.4. The van der Waals surface area contributed by atoms with Crippen LogP contribution in [0.2, 0.25) is 0 Å². The number of amides is 1. The lowest BCUT2D eigenvalue weighted by atomic mass is 10.0. The lowest BCUT2D eigenvalue weighted by molar-refractivity contribution is -0.173. The Morgan fingerprint density at radius 2 is 2.00 bits per heavy atom. The maximum absolute atomic E-state index is 11.8. The molecule has 0 saturated heterocycles. The Balaban J connectivity index is 2.30. The van der Waals surface area contributed by atoms with Gasteiger partial charge in [0.15, 0.2) is 0 Å². The molecule has 0 aromatic carbocycles. The standard InChI is InChI=1S/C9H14F3NO/c1-2-3-8(4-5-8)6-13-7(14)9(10,11)12/h2-6H2,1H3,(H,13,14). The Morgan fingerprint density at radius 3 is 2.36 bits per heavy atom. The van der Waals surface area contributed by atoms with Crippen molar-refractivity contribution < 1.29 is 18.0 Å². The van der Waals surface area contributed by atoms with E-state index in [0.717, 1.165) is 25.7 Å². The summed E-state index contributed by atoms with van der Waals surface area (Å²) in [7, 11) is 0. The van der Waals surface area contributed by atoms with Gasteiger partial charge in [-0.05, 0) is 24.7 Å². The van der Waals surface area contributed by atoms with Crippen molar-refractivity contribution in [3.05, 3.63) is 0 Å². The maximum Gasteiger partial charge on any atom is 0.471 e. The van der Waals surface area contributed by atoms with E-state index in [-0.39, 0.29) is 12.0 Å². The molecule has 2 nitrogen and oxygen atoms in total. The van der Waals surface area contributed by atoms with Gasteiger partial charge in [-0.3, -0.25) is 4.79 Å². The Labute approximate surface area is 80.9 Å². The molecule has 0 heterocycles. The Kier molecular flexibility index (Phi) is 3.07. The molecule has 1 saturated carbocycles. The first-order valence-electron chi connectivity index (χ1n) is 4.75. The second-order valence-corrected chi connectivity index (χ2v) is 3.93. The average Bonchev–Trinajstić information content (AvgIpc) is 2.80. The van der Waals surface area contributed by atoms with Crippen LogP contribution in [-0.2, 0) is 4.79 Å². The topological polar surface area (TPSA) is 29.1 Å². The molecule has 1 aliphatic rings. The predicted octanol–water partition coefficient (Wildman–Crippen LogP) is 2.25. The van der Waals surface area contributed by atoms with Crippen molar-refractivity contribution in [2.75, 3.05) is 6.54 Å². The van der Waals surface area contributed by atoms with Crippen molar-refractivity contribution in [2.45, 2.75) is 38.8 Å². The summed E-state index contributed by atoms with van der Waals surface area (Å²) in [6, 6.07) is 0. The predicted molar refractivity (Wildman–Crippen MR) is 45.6 cm³/mol.